The molecule has 2 fully saturated rings. The predicted molar refractivity (Wildman–Crippen MR) is 92.0 cm³/mol. The van der Waals surface area contributed by atoms with E-state index in [1.807, 2.05) is 0 Å². The molecule has 0 spiro atoms. The molecule has 1 aliphatic heterocycles. The Morgan fingerprint density at radius 2 is 1.76 bits per heavy atom. The SMILES string of the molecule is COc1ccc([C@H](CC2CC2)N2CCNCC2)cc1.Cl.Cl. The predicted octanol–water partition coefficient (Wildman–Crippen LogP) is 3.29. The Labute approximate surface area is 140 Å². The van der Waals surface area contributed by atoms with Crippen molar-refractivity contribution in [2.75, 3.05) is 33.3 Å². The fourth-order valence-corrected chi connectivity index (χ4v) is 2.99. The molecule has 120 valence electrons. The average Bonchev–Trinajstić information content (AvgIpc) is 3.30. The van der Waals surface area contributed by atoms with Crippen LogP contribution in [0, 0.1) is 5.92 Å². The second-order valence-electron chi connectivity index (χ2n) is 5.75. The van der Waals surface area contributed by atoms with Crippen LogP contribution in [0.2, 0.25) is 0 Å². The van der Waals surface area contributed by atoms with Gasteiger partial charge < -0.3 is 10.1 Å². The molecule has 1 saturated heterocycles. The number of nitrogens with one attached hydrogen (secondary N) is 1. The molecule has 1 aromatic carbocycles. The maximum absolute atomic E-state index is 5.26. The summed E-state index contributed by atoms with van der Waals surface area (Å²) in [5.74, 6) is 1.91. The number of nitrogens with zero attached hydrogens (tertiary/aromatic N) is 1. The molecular formula is C16H26Cl2N2O. The van der Waals surface area contributed by atoms with Crippen LogP contribution in [0.4, 0.5) is 0 Å². The molecular weight excluding hydrogens is 307 g/mol. The van der Waals surface area contributed by atoms with Crippen LogP contribution in [0.1, 0.15) is 30.9 Å². The van der Waals surface area contributed by atoms with Crippen molar-refractivity contribution in [3.63, 3.8) is 0 Å². The molecule has 0 unspecified atom stereocenters. The minimum absolute atomic E-state index is 0. The first kappa shape index (κ1) is 18.6. The molecule has 5 heteroatoms. The van der Waals surface area contributed by atoms with Crippen LogP contribution in [0.3, 0.4) is 0 Å². The molecule has 0 bridgehead atoms. The van der Waals surface area contributed by atoms with Crippen molar-refractivity contribution in [3.05, 3.63) is 29.8 Å². The zero-order chi connectivity index (χ0) is 13.1. The van der Waals surface area contributed by atoms with Crippen molar-refractivity contribution < 1.29 is 4.74 Å². The molecule has 3 rings (SSSR count). The van der Waals surface area contributed by atoms with Crippen LogP contribution in [0.25, 0.3) is 0 Å². The highest BCUT2D eigenvalue weighted by atomic mass is 35.5. The maximum Gasteiger partial charge on any atom is 0.118 e. The monoisotopic (exact) mass is 332 g/mol. The maximum atomic E-state index is 5.26. The van der Waals surface area contributed by atoms with E-state index in [1.165, 1.54) is 37.9 Å². The van der Waals surface area contributed by atoms with Crippen molar-refractivity contribution in [2.45, 2.75) is 25.3 Å². The van der Waals surface area contributed by atoms with Gasteiger partial charge in [-0.1, -0.05) is 25.0 Å². The van der Waals surface area contributed by atoms with Gasteiger partial charge in [-0.25, -0.2) is 0 Å². The minimum Gasteiger partial charge on any atom is -0.497 e. The van der Waals surface area contributed by atoms with Crippen molar-refractivity contribution in [3.8, 4) is 5.75 Å². The lowest BCUT2D eigenvalue weighted by Gasteiger charge is -2.35. The molecule has 1 aliphatic carbocycles. The number of hydrogen-bond acceptors (Lipinski definition) is 3. The Balaban J connectivity index is 0.00000110. The summed E-state index contributed by atoms with van der Waals surface area (Å²) in [6, 6.07) is 9.27. The van der Waals surface area contributed by atoms with Gasteiger partial charge in [0.1, 0.15) is 5.75 Å². The van der Waals surface area contributed by atoms with Gasteiger partial charge in [0.2, 0.25) is 0 Å². The van der Waals surface area contributed by atoms with Gasteiger partial charge in [-0.05, 0) is 30.0 Å². The Morgan fingerprint density at radius 3 is 2.29 bits per heavy atom. The van der Waals surface area contributed by atoms with Gasteiger partial charge in [-0.3, -0.25) is 4.90 Å². The van der Waals surface area contributed by atoms with E-state index >= 15 is 0 Å². The molecule has 0 radical (unpaired) electrons. The number of ether oxygens (including phenoxy) is 1. The molecule has 0 amide bonds. The molecule has 1 saturated carbocycles. The highest BCUT2D eigenvalue weighted by molar-refractivity contribution is 5.85. The van der Waals surface area contributed by atoms with Gasteiger partial charge in [0.15, 0.2) is 0 Å². The van der Waals surface area contributed by atoms with E-state index in [0.29, 0.717) is 6.04 Å². The van der Waals surface area contributed by atoms with Gasteiger partial charge >= 0.3 is 0 Å². The third kappa shape index (κ3) is 5.03. The van der Waals surface area contributed by atoms with Crippen LogP contribution in [0.5, 0.6) is 5.75 Å². The fourth-order valence-electron chi connectivity index (χ4n) is 2.99. The summed E-state index contributed by atoms with van der Waals surface area (Å²) in [7, 11) is 1.73. The molecule has 1 aromatic rings. The Morgan fingerprint density at radius 1 is 1.14 bits per heavy atom. The summed E-state index contributed by atoms with van der Waals surface area (Å²) in [5, 5.41) is 3.45. The third-order valence-corrected chi connectivity index (χ3v) is 4.35. The highest BCUT2D eigenvalue weighted by Gasteiger charge is 2.30. The standard InChI is InChI=1S/C16H24N2O.2ClH/c1-19-15-6-4-14(5-7-15)16(12-13-2-3-13)18-10-8-17-9-11-18;;/h4-7,13,16-17H,2-3,8-12H2,1H3;2*1H/t16-;;/m0../s1. The Kier molecular flexibility index (Phi) is 7.82. The van der Waals surface area contributed by atoms with Crippen LogP contribution < -0.4 is 10.1 Å². The van der Waals surface area contributed by atoms with E-state index in [-0.39, 0.29) is 24.8 Å². The number of piperazine rings is 1. The lowest BCUT2D eigenvalue weighted by atomic mass is 9.98. The first-order chi connectivity index (χ1) is 9.36. The van der Waals surface area contributed by atoms with E-state index in [4.69, 9.17) is 4.74 Å². The summed E-state index contributed by atoms with van der Waals surface area (Å²) in [4.78, 5) is 2.65. The second-order valence-corrected chi connectivity index (χ2v) is 5.75. The van der Waals surface area contributed by atoms with Gasteiger partial charge in [0, 0.05) is 32.2 Å². The summed E-state index contributed by atoms with van der Waals surface area (Å²) in [6.07, 6.45) is 4.18. The quantitative estimate of drug-likeness (QED) is 0.895. The van der Waals surface area contributed by atoms with E-state index in [9.17, 15) is 0 Å². The lowest BCUT2D eigenvalue weighted by Crippen LogP contribution is -2.45. The smallest absolute Gasteiger partial charge is 0.118 e. The third-order valence-electron chi connectivity index (χ3n) is 4.35. The summed E-state index contributed by atoms with van der Waals surface area (Å²) in [6.45, 7) is 4.58. The normalized spacial score (nSPS) is 20.0. The number of benzene rings is 1. The largest absolute Gasteiger partial charge is 0.497 e. The van der Waals surface area contributed by atoms with E-state index in [2.05, 4.69) is 34.5 Å². The van der Waals surface area contributed by atoms with Crippen LogP contribution >= 0.6 is 24.8 Å². The molecule has 1 heterocycles. The summed E-state index contributed by atoms with van der Waals surface area (Å²) < 4.78 is 5.26. The summed E-state index contributed by atoms with van der Waals surface area (Å²) in [5.41, 5.74) is 1.45. The first-order valence-electron chi connectivity index (χ1n) is 7.45. The van der Waals surface area contributed by atoms with Crippen molar-refractivity contribution in [1.29, 1.82) is 0 Å². The van der Waals surface area contributed by atoms with Crippen molar-refractivity contribution in [2.24, 2.45) is 5.92 Å². The molecule has 0 aromatic heterocycles. The molecule has 3 nitrogen and oxygen atoms in total. The highest BCUT2D eigenvalue weighted by Crippen LogP contribution is 2.40. The molecule has 1 N–H and O–H groups in total. The van der Waals surface area contributed by atoms with Crippen molar-refractivity contribution in [1.82, 2.24) is 10.2 Å². The van der Waals surface area contributed by atoms with E-state index in [1.54, 1.807) is 7.11 Å². The van der Waals surface area contributed by atoms with Crippen LogP contribution in [0.15, 0.2) is 24.3 Å². The fraction of sp³-hybridized carbons (Fsp3) is 0.625. The summed E-state index contributed by atoms with van der Waals surface area (Å²) >= 11 is 0. The second kappa shape index (κ2) is 8.84. The van der Waals surface area contributed by atoms with Crippen LogP contribution in [-0.2, 0) is 0 Å². The molecule has 21 heavy (non-hydrogen) atoms. The van der Waals surface area contributed by atoms with E-state index < -0.39 is 0 Å². The zero-order valence-electron chi connectivity index (χ0n) is 12.6. The molecule has 2 aliphatic rings. The Hall–Kier alpha value is -0.480. The number of methoxy groups -OCH3 is 1. The number of halogens is 2. The van der Waals surface area contributed by atoms with Crippen molar-refractivity contribution >= 4 is 24.8 Å². The van der Waals surface area contributed by atoms with Gasteiger partial charge in [-0.2, -0.15) is 0 Å². The molecule has 1 atom stereocenters. The van der Waals surface area contributed by atoms with Crippen LogP contribution in [-0.4, -0.2) is 38.2 Å². The topological polar surface area (TPSA) is 24.5 Å². The van der Waals surface area contributed by atoms with Gasteiger partial charge in [0.05, 0.1) is 7.11 Å². The average molecular weight is 333 g/mol. The minimum atomic E-state index is 0. The number of rotatable bonds is 5. The van der Waals surface area contributed by atoms with E-state index in [0.717, 1.165) is 24.8 Å². The number of hydrogen-bond donors (Lipinski definition) is 1. The van der Waals surface area contributed by atoms with Gasteiger partial charge in [-0.15, -0.1) is 24.8 Å². The lowest BCUT2D eigenvalue weighted by molar-refractivity contribution is 0.160. The Bertz CT molecular complexity index is 403. The first-order valence-corrected chi connectivity index (χ1v) is 7.45. The zero-order valence-corrected chi connectivity index (χ0v) is 14.2. The van der Waals surface area contributed by atoms with Gasteiger partial charge in [0.25, 0.3) is 0 Å².